The van der Waals surface area contributed by atoms with Crippen LogP contribution in [0.15, 0.2) is 0 Å². The molecular formula is C11H21N3O3. The van der Waals surface area contributed by atoms with Crippen LogP contribution in [0.4, 0.5) is 0 Å². The predicted octanol–water partition coefficient (Wildman–Crippen LogP) is -1.19. The summed E-state index contributed by atoms with van der Waals surface area (Å²) < 4.78 is 0. The van der Waals surface area contributed by atoms with Crippen molar-refractivity contribution < 1.29 is 14.7 Å². The van der Waals surface area contributed by atoms with Crippen LogP contribution in [0.2, 0.25) is 0 Å². The number of β-amino-alcohol motifs (C(OH)–C–C–N with tert-alkyl or cyclic N) is 1. The lowest BCUT2D eigenvalue weighted by Crippen LogP contribution is -2.54. The fraction of sp³-hybridized carbons (Fsp3) is 0.818. The number of likely N-dealkylation sites (tertiary alicyclic amines) is 1. The molecule has 0 bridgehead atoms. The van der Waals surface area contributed by atoms with Crippen molar-refractivity contribution in [3.05, 3.63) is 0 Å². The van der Waals surface area contributed by atoms with Crippen molar-refractivity contribution in [2.45, 2.75) is 45.4 Å². The van der Waals surface area contributed by atoms with Crippen LogP contribution in [0.5, 0.6) is 0 Å². The third kappa shape index (κ3) is 2.95. The number of hydrogen-bond donors (Lipinski definition) is 3. The minimum absolute atomic E-state index is 0.121. The number of aliphatic hydroxyl groups is 1. The van der Waals surface area contributed by atoms with Crippen LogP contribution in [0.1, 0.15) is 27.2 Å². The van der Waals surface area contributed by atoms with Gasteiger partial charge in [-0.3, -0.25) is 9.59 Å². The summed E-state index contributed by atoms with van der Waals surface area (Å²) in [4.78, 5) is 24.6. The average Bonchev–Trinajstić information content (AvgIpc) is 2.56. The Morgan fingerprint density at radius 3 is 2.35 bits per heavy atom. The van der Waals surface area contributed by atoms with Crippen molar-refractivity contribution >= 4 is 11.8 Å². The van der Waals surface area contributed by atoms with Gasteiger partial charge in [-0.25, -0.2) is 0 Å². The molecule has 6 nitrogen and oxygen atoms in total. The highest BCUT2D eigenvalue weighted by Gasteiger charge is 2.41. The first-order chi connectivity index (χ1) is 7.64. The molecule has 1 rings (SSSR count). The van der Waals surface area contributed by atoms with Crippen molar-refractivity contribution in [3.63, 3.8) is 0 Å². The largest absolute Gasteiger partial charge is 0.391 e. The van der Waals surface area contributed by atoms with Gasteiger partial charge in [-0.05, 0) is 5.41 Å². The molecule has 0 spiro atoms. The first-order valence-corrected chi connectivity index (χ1v) is 5.68. The lowest BCUT2D eigenvalue weighted by atomic mass is 9.86. The second kappa shape index (κ2) is 4.62. The zero-order valence-corrected chi connectivity index (χ0v) is 10.5. The summed E-state index contributed by atoms with van der Waals surface area (Å²) in [6.45, 7) is 5.67. The Kier molecular flexibility index (Phi) is 3.78. The SMILES string of the molecule is CC(C)(C)[C@H](N)C(=O)N1CC(O)C[C@H]1C(N)=O. The molecule has 17 heavy (non-hydrogen) atoms. The Morgan fingerprint density at radius 2 is 1.94 bits per heavy atom. The third-order valence-electron chi connectivity index (χ3n) is 3.09. The van der Waals surface area contributed by atoms with Gasteiger partial charge in [0.1, 0.15) is 6.04 Å². The second-order valence-corrected chi connectivity index (χ2v) is 5.64. The highest BCUT2D eigenvalue weighted by atomic mass is 16.3. The Hall–Kier alpha value is -1.14. The number of amides is 2. The van der Waals surface area contributed by atoms with E-state index in [0.29, 0.717) is 0 Å². The summed E-state index contributed by atoms with van der Waals surface area (Å²) in [6.07, 6.45) is -0.513. The minimum Gasteiger partial charge on any atom is -0.391 e. The van der Waals surface area contributed by atoms with E-state index in [4.69, 9.17) is 11.5 Å². The summed E-state index contributed by atoms with van der Waals surface area (Å²) in [7, 11) is 0. The molecule has 1 aliphatic heterocycles. The standard InChI is InChI=1S/C11H21N3O3/c1-11(2,3)8(12)10(17)14-5-6(15)4-7(14)9(13)16/h6-8,15H,4-5,12H2,1-3H3,(H2,13,16)/t6?,7-,8+/m0/s1. The summed E-state index contributed by atoms with van der Waals surface area (Å²) in [5.74, 6) is -0.936. The van der Waals surface area contributed by atoms with Crippen LogP contribution < -0.4 is 11.5 Å². The van der Waals surface area contributed by atoms with E-state index in [1.54, 1.807) is 0 Å². The molecule has 1 heterocycles. The maximum atomic E-state index is 12.1. The number of nitrogens with two attached hydrogens (primary N) is 2. The lowest BCUT2D eigenvalue weighted by molar-refractivity contribution is -0.140. The first kappa shape index (κ1) is 13.9. The van der Waals surface area contributed by atoms with Gasteiger partial charge in [0.2, 0.25) is 11.8 Å². The molecule has 0 aromatic rings. The fourth-order valence-corrected chi connectivity index (χ4v) is 1.88. The van der Waals surface area contributed by atoms with Crippen molar-refractivity contribution in [3.8, 4) is 0 Å². The highest BCUT2D eigenvalue weighted by Crippen LogP contribution is 2.24. The van der Waals surface area contributed by atoms with Gasteiger partial charge < -0.3 is 21.5 Å². The average molecular weight is 243 g/mol. The Morgan fingerprint density at radius 1 is 1.41 bits per heavy atom. The monoisotopic (exact) mass is 243 g/mol. The van der Waals surface area contributed by atoms with Gasteiger partial charge in [-0.2, -0.15) is 0 Å². The Balaban J connectivity index is 2.84. The Bertz CT molecular complexity index is 324. The van der Waals surface area contributed by atoms with Crippen molar-refractivity contribution in [1.29, 1.82) is 0 Å². The molecule has 1 fully saturated rings. The molecule has 3 atom stereocenters. The summed E-state index contributed by atoms with van der Waals surface area (Å²) in [5.41, 5.74) is 10.7. The van der Waals surface area contributed by atoms with Gasteiger partial charge in [-0.1, -0.05) is 20.8 Å². The van der Waals surface area contributed by atoms with Gasteiger partial charge >= 0.3 is 0 Å². The van der Waals surface area contributed by atoms with Gasteiger partial charge in [0.05, 0.1) is 12.1 Å². The number of hydrogen-bond acceptors (Lipinski definition) is 4. The van der Waals surface area contributed by atoms with Crippen molar-refractivity contribution in [2.75, 3.05) is 6.54 Å². The van der Waals surface area contributed by atoms with E-state index in [-0.39, 0.29) is 18.9 Å². The van der Waals surface area contributed by atoms with Crippen molar-refractivity contribution in [2.24, 2.45) is 16.9 Å². The topological polar surface area (TPSA) is 110 Å². The minimum atomic E-state index is -0.745. The van der Waals surface area contributed by atoms with Crippen molar-refractivity contribution in [1.82, 2.24) is 4.90 Å². The highest BCUT2D eigenvalue weighted by molar-refractivity contribution is 5.90. The molecule has 98 valence electrons. The Labute approximate surface area is 101 Å². The van der Waals surface area contributed by atoms with Crippen LogP contribution >= 0.6 is 0 Å². The van der Waals surface area contributed by atoms with E-state index in [1.807, 2.05) is 20.8 Å². The first-order valence-electron chi connectivity index (χ1n) is 5.68. The number of aliphatic hydroxyl groups excluding tert-OH is 1. The molecule has 1 unspecified atom stereocenters. The number of rotatable bonds is 2. The van der Waals surface area contributed by atoms with Gasteiger partial charge in [0, 0.05) is 13.0 Å². The third-order valence-corrected chi connectivity index (χ3v) is 3.09. The quantitative estimate of drug-likeness (QED) is 0.566. The molecule has 1 saturated heterocycles. The zero-order valence-electron chi connectivity index (χ0n) is 10.5. The second-order valence-electron chi connectivity index (χ2n) is 5.64. The smallest absolute Gasteiger partial charge is 0.240 e. The fourth-order valence-electron chi connectivity index (χ4n) is 1.88. The number of nitrogens with zero attached hydrogens (tertiary/aromatic N) is 1. The van der Waals surface area contributed by atoms with Gasteiger partial charge in [-0.15, -0.1) is 0 Å². The molecule has 0 aromatic carbocycles. The maximum Gasteiger partial charge on any atom is 0.240 e. The predicted molar refractivity (Wildman–Crippen MR) is 62.7 cm³/mol. The number of primary amides is 1. The molecule has 2 amide bonds. The molecule has 6 heteroatoms. The van der Waals surface area contributed by atoms with E-state index in [9.17, 15) is 14.7 Å². The van der Waals surface area contributed by atoms with Crippen LogP contribution in [0.25, 0.3) is 0 Å². The van der Waals surface area contributed by atoms with Crippen LogP contribution in [0, 0.1) is 5.41 Å². The molecule has 0 aliphatic carbocycles. The molecule has 0 aromatic heterocycles. The van der Waals surface area contributed by atoms with Gasteiger partial charge in [0.25, 0.3) is 0 Å². The summed E-state index contributed by atoms with van der Waals surface area (Å²) >= 11 is 0. The van der Waals surface area contributed by atoms with E-state index in [1.165, 1.54) is 4.90 Å². The van der Waals surface area contributed by atoms with E-state index < -0.39 is 29.5 Å². The molecule has 1 aliphatic rings. The number of carbonyl (C=O) groups is 2. The number of carbonyl (C=O) groups excluding carboxylic acids is 2. The molecular weight excluding hydrogens is 222 g/mol. The molecule has 0 saturated carbocycles. The van der Waals surface area contributed by atoms with Crippen LogP contribution in [-0.2, 0) is 9.59 Å². The normalized spacial score (nSPS) is 27.0. The van der Waals surface area contributed by atoms with Gasteiger partial charge in [0.15, 0.2) is 0 Å². The maximum absolute atomic E-state index is 12.1. The van der Waals surface area contributed by atoms with Crippen LogP contribution in [-0.4, -0.2) is 46.6 Å². The summed E-state index contributed by atoms with van der Waals surface area (Å²) in [5, 5.41) is 9.51. The molecule has 5 N–H and O–H groups in total. The zero-order chi connectivity index (χ0) is 13.4. The molecule has 0 radical (unpaired) electrons. The van der Waals surface area contributed by atoms with E-state index >= 15 is 0 Å². The summed E-state index contributed by atoms with van der Waals surface area (Å²) in [6, 6.07) is -1.46. The lowest BCUT2D eigenvalue weighted by Gasteiger charge is -2.31. The van der Waals surface area contributed by atoms with E-state index in [0.717, 1.165) is 0 Å². The van der Waals surface area contributed by atoms with Crippen LogP contribution in [0.3, 0.4) is 0 Å². The van der Waals surface area contributed by atoms with E-state index in [2.05, 4.69) is 0 Å².